The Kier molecular flexibility index (Phi) is 4.62. The van der Waals surface area contributed by atoms with Gasteiger partial charge in [-0.15, -0.1) is 0 Å². The minimum absolute atomic E-state index is 0.0563. The molecule has 1 fully saturated rings. The third-order valence-corrected chi connectivity index (χ3v) is 3.50. The summed E-state index contributed by atoms with van der Waals surface area (Å²) < 4.78 is 43.0. The van der Waals surface area contributed by atoms with E-state index in [0.29, 0.717) is 25.5 Å². The highest BCUT2D eigenvalue weighted by molar-refractivity contribution is 5.66. The number of hydrogen-bond donors (Lipinski definition) is 1. The lowest BCUT2D eigenvalue weighted by Crippen LogP contribution is -2.41. The number of nitrogens with zero attached hydrogens (tertiary/aromatic N) is 2. The fourth-order valence-electron chi connectivity index (χ4n) is 2.53. The summed E-state index contributed by atoms with van der Waals surface area (Å²) in [5.41, 5.74) is 3.27. The monoisotopic (exact) mass is 333 g/mol. The molecule has 10 heteroatoms. The highest BCUT2D eigenvalue weighted by atomic mass is 19.4. The van der Waals surface area contributed by atoms with Crippen LogP contribution in [0.1, 0.15) is 18.4 Å². The van der Waals surface area contributed by atoms with Crippen molar-refractivity contribution in [3.05, 3.63) is 33.9 Å². The largest absolute Gasteiger partial charge is 0.445 e. The third-order valence-electron chi connectivity index (χ3n) is 3.50. The summed E-state index contributed by atoms with van der Waals surface area (Å²) in [7, 11) is 0. The molecule has 126 valence electrons. The van der Waals surface area contributed by atoms with Gasteiger partial charge in [0.1, 0.15) is 11.8 Å². The second-order valence-corrected chi connectivity index (χ2v) is 5.11. The van der Waals surface area contributed by atoms with Gasteiger partial charge < -0.3 is 15.4 Å². The Bertz CT molecular complexity index is 621. The SMILES string of the molecule is NC(=O)O[C@H]1CCCN(c2ccc(C(F)(F)F)cc2[N+](=O)[O-])C1. The van der Waals surface area contributed by atoms with Gasteiger partial charge in [-0.1, -0.05) is 0 Å². The number of anilines is 1. The van der Waals surface area contributed by atoms with Crippen molar-refractivity contribution in [3.8, 4) is 0 Å². The number of halogens is 3. The van der Waals surface area contributed by atoms with Crippen molar-refractivity contribution in [3.63, 3.8) is 0 Å². The molecule has 0 aliphatic carbocycles. The fraction of sp³-hybridized carbons (Fsp3) is 0.462. The standard InChI is InChI=1S/C13H14F3N3O4/c14-13(15,16)8-3-4-10(11(6-8)19(21)22)18-5-1-2-9(7-18)23-12(17)20/h3-4,6,9H,1-2,5,7H2,(H2,17,20)/t9-/m0/s1. The maximum atomic E-state index is 12.7. The van der Waals surface area contributed by atoms with Crippen LogP contribution in [0, 0.1) is 10.1 Å². The first-order valence-corrected chi connectivity index (χ1v) is 6.75. The van der Waals surface area contributed by atoms with Gasteiger partial charge >= 0.3 is 12.3 Å². The number of piperidine rings is 1. The predicted octanol–water partition coefficient (Wildman–Crippen LogP) is 2.68. The van der Waals surface area contributed by atoms with Crippen LogP contribution in [0.2, 0.25) is 0 Å². The molecule has 1 heterocycles. The second kappa shape index (κ2) is 6.31. The highest BCUT2D eigenvalue weighted by Gasteiger charge is 2.34. The van der Waals surface area contributed by atoms with E-state index >= 15 is 0 Å². The van der Waals surface area contributed by atoms with Crippen LogP contribution in [0.3, 0.4) is 0 Å². The van der Waals surface area contributed by atoms with Gasteiger partial charge in [0.05, 0.1) is 17.0 Å². The molecule has 0 saturated carbocycles. The van der Waals surface area contributed by atoms with Gasteiger partial charge in [-0.25, -0.2) is 4.79 Å². The van der Waals surface area contributed by atoms with Crippen molar-refractivity contribution in [2.75, 3.05) is 18.0 Å². The molecule has 1 amide bonds. The topological polar surface area (TPSA) is 98.7 Å². The first-order valence-electron chi connectivity index (χ1n) is 6.75. The van der Waals surface area contributed by atoms with E-state index in [1.807, 2.05) is 0 Å². The van der Waals surface area contributed by atoms with Gasteiger partial charge in [-0.3, -0.25) is 10.1 Å². The number of nitro groups is 1. The summed E-state index contributed by atoms with van der Waals surface area (Å²) in [5.74, 6) is 0. The Hall–Kier alpha value is -2.52. The van der Waals surface area contributed by atoms with Crippen LogP contribution < -0.4 is 10.6 Å². The Morgan fingerprint density at radius 2 is 2.13 bits per heavy atom. The average molecular weight is 333 g/mol. The number of rotatable bonds is 3. The number of hydrogen-bond acceptors (Lipinski definition) is 5. The molecule has 1 saturated heterocycles. The van der Waals surface area contributed by atoms with Crippen LogP contribution in [0.5, 0.6) is 0 Å². The number of nitro benzene ring substituents is 1. The molecular formula is C13H14F3N3O4. The number of primary amides is 1. The fourth-order valence-corrected chi connectivity index (χ4v) is 2.53. The number of amides is 1. The smallest absolute Gasteiger partial charge is 0.416 e. The van der Waals surface area contributed by atoms with Gasteiger partial charge in [0.25, 0.3) is 5.69 Å². The first-order chi connectivity index (χ1) is 10.7. The summed E-state index contributed by atoms with van der Waals surface area (Å²) in [6, 6.07) is 2.36. The van der Waals surface area contributed by atoms with E-state index in [2.05, 4.69) is 0 Å². The van der Waals surface area contributed by atoms with Crippen molar-refractivity contribution in [2.45, 2.75) is 25.1 Å². The molecule has 0 radical (unpaired) electrons. The first kappa shape index (κ1) is 16.8. The zero-order valence-electron chi connectivity index (χ0n) is 11.9. The van der Waals surface area contributed by atoms with E-state index in [1.165, 1.54) is 4.90 Å². The van der Waals surface area contributed by atoms with E-state index in [4.69, 9.17) is 10.5 Å². The third kappa shape index (κ3) is 4.02. The maximum absolute atomic E-state index is 12.7. The normalized spacial score (nSPS) is 18.6. The van der Waals surface area contributed by atoms with Crippen molar-refractivity contribution in [1.82, 2.24) is 0 Å². The van der Waals surface area contributed by atoms with Gasteiger partial charge in [-0.2, -0.15) is 13.2 Å². The lowest BCUT2D eigenvalue weighted by molar-refractivity contribution is -0.384. The number of alkyl halides is 3. The lowest BCUT2D eigenvalue weighted by atomic mass is 10.1. The predicted molar refractivity (Wildman–Crippen MR) is 74.0 cm³/mol. The molecular weight excluding hydrogens is 319 g/mol. The molecule has 2 rings (SSSR count). The van der Waals surface area contributed by atoms with Gasteiger partial charge in [0, 0.05) is 12.6 Å². The van der Waals surface area contributed by atoms with Crippen LogP contribution in [0.4, 0.5) is 29.3 Å². The molecule has 1 atom stereocenters. The molecule has 1 aromatic rings. The summed E-state index contributed by atoms with van der Waals surface area (Å²) >= 11 is 0. The van der Waals surface area contributed by atoms with Gasteiger partial charge in [0.15, 0.2) is 0 Å². The van der Waals surface area contributed by atoms with E-state index in [1.54, 1.807) is 0 Å². The summed E-state index contributed by atoms with van der Waals surface area (Å²) in [4.78, 5) is 22.6. The highest BCUT2D eigenvalue weighted by Crippen LogP contribution is 2.37. The summed E-state index contributed by atoms with van der Waals surface area (Å²) in [6.07, 6.45) is -5.07. The van der Waals surface area contributed by atoms with Crippen molar-refractivity contribution in [2.24, 2.45) is 5.73 Å². The molecule has 23 heavy (non-hydrogen) atoms. The van der Waals surface area contributed by atoms with Gasteiger partial charge in [-0.05, 0) is 25.0 Å². The Balaban J connectivity index is 2.31. The molecule has 1 aliphatic rings. The average Bonchev–Trinajstić information content (AvgIpc) is 2.45. The number of nitrogens with two attached hydrogens (primary N) is 1. The molecule has 7 nitrogen and oxygen atoms in total. The number of carbonyl (C=O) groups is 1. The van der Waals surface area contributed by atoms with E-state index in [-0.39, 0.29) is 12.2 Å². The molecule has 0 aromatic heterocycles. The summed E-state index contributed by atoms with van der Waals surface area (Å²) in [5, 5.41) is 11.1. The number of benzene rings is 1. The zero-order chi connectivity index (χ0) is 17.2. The van der Waals surface area contributed by atoms with Crippen LogP contribution in [0.15, 0.2) is 18.2 Å². The maximum Gasteiger partial charge on any atom is 0.416 e. The molecule has 2 N–H and O–H groups in total. The second-order valence-electron chi connectivity index (χ2n) is 5.11. The van der Waals surface area contributed by atoms with Crippen LogP contribution >= 0.6 is 0 Å². The van der Waals surface area contributed by atoms with E-state index in [9.17, 15) is 28.1 Å². The minimum atomic E-state index is -4.66. The Labute approximate surface area is 129 Å². The number of ether oxygens (including phenoxy) is 1. The Morgan fingerprint density at radius 3 is 2.70 bits per heavy atom. The molecule has 1 aliphatic heterocycles. The van der Waals surface area contributed by atoms with Crippen molar-refractivity contribution >= 4 is 17.5 Å². The van der Waals surface area contributed by atoms with Crippen molar-refractivity contribution in [1.29, 1.82) is 0 Å². The molecule has 0 spiro atoms. The quantitative estimate of drug-likeness (QED) is 0.677. The van der Waals surface area contributed by atoms with Crippen LogP contribution in [-0.2, 0) is 10.9 Å². The zero-order valence-corrected chi connectivity index (χ0v) is 11.9. The van der Waals surface area contributed by atoms with E-state index < -0.39 is 34.5 Å². The minimum Gasteiger partial charge on any atom is -0.445 e. The van der Waals surface area contributed by atoms with Crippen LogP contribution in [0.25, 0.3) is 0 Å². The van der Waals surface area contributed by atoms with Crippen molar-refractivity contribution < 1.29 is 27.6 Å². The Morgan fingerprint density at radius 1 is 1.43 bits per heavy atom. The van der Waals surface area contributed by atoms with E-state index in [0.717, 1.165) is 12.1 Å². The molecule has 1 aromatic carbocycles. The van der Waals surface area contributed by atoms with Gasteiger partial charge in [0.2, 0.25) is 0 Å². The lowest BCUT2D eigenvalue weighted by Gasteiger charge is -2.33. The van der Waals surface area contributed by atoms with Crippen LogP contribution in [-0.4, -0.2) is 30.2 Å². The number of carbonyl (C=O) groups excluding carboxylic acids is 1. The molecule has 0 unspecified atom stereocenters. The summed E-state index contributed by atoms with van der Waals surface area (Å²) in [6.45, 7) is 0.542. The molecule has 0 bridgehead atoms.